The summed E-state index contributed by atoms with van der Waals surface area (Å²) < 4.78 is 5.47. The van der Waals surface area contributed by atoms with E-state index in [-0.39, 0.29) is 0 Å². The van der Waals surface area contributed by atoms with Gasteiger partial charge in [0.2, 0.25) is 0 Å². The Hall–Kier alpha value is -2.04. The summed E-state index contributed by atoms with van der Waals surface area (Å²) in [7, 11) is 0. The van der Waals surface area contributed by atoms with Gasteiger partial charge in [0.25, 0.3) is 5.91 Å². The topological polar surface area (TPSA) is 75.6 Å². The van der Waals surface area contributed by atoms with E-state index in [4.69, 9.17) is 9.84 Å². The Kier molecular flexibility index (Phi) is 5.85. The first kappa shape index (κ1) is 15.0. The molecule has 2 N–H and O–H groups in total. The van der Waals surface area contributed by atoms with Crippen molar-refractivity contribution in [3.63, 3.8) is 0 Å². The van der Waals surface area contributed by atoms with Crippen LogP contribution in [0.4, 0.5) is 0 Å². The van der Waals surface area contributed by atoms with Crippen LogP contribution in [0.1, 0.15) is 37.0 Å². The summed E-state index contributed by atoms with van der Waals surface area (Å²) in [6.45, 7) is 4.15. The van der Waals surface area contributed by atoms with Crippen molar-refractivity contribution in [3.8, 4) is 5.75 Å². The van der Waals surface area contributed by atoms with E-state index in [2.05, 4.69) is 12.2 Å². The Morgan fingerprint density at radius 3 is 2.47 bits per heavy atom. The monoisotopic (exact) mass is 265 g/mol. The lowest BCUT2D eigenvalue weighted by atomic mass is 10.2. The van der Waals surface area contributed by atoms with E-state index in [0.717, 1.165) is 12.8 Å². The van der Waals surface area contributed by atoms with Crippen LogP contribution >= 0.6 is 0 Å². The van der Waals surface area contributed by atoms with Crippen molar-refractivity contribution in [2.45, 2.75) is 32.7 Å². The first-order chi connectivity index (χ1) is 9.04. The Balaban J connectivity index is 2.55. The number of carbonyl (C=O) groups excluding carboxylic acids is 1. The summed E-state index contributed by atoms with van der Waals surface area (Å²) in [5, 5.41) is 11.1. The lowest BCUT2D eigenvalue weighted by molar-refractivity contribution is -0.138. The molecule has 1 rings (SSSR count). The van der Waals surface area contributed by atoms with Gasteiger partial charge in [-0.1, -0.05) is 13.3 Å². The number of benzene rings is 1. The van der Waals surface area contributed by atoms with Crippen LogP contribution in [0.15, 0.2) is 24.3 Å². The minimum Gasteiger partial charge on any atom is -0.494 e. The van der Waals surface area contributed by atoms with Crippen LogP contribution in [0, 0.1) is 0 Å². The maximum absolute atomic E-state index is 11.7. The minimum atomic E-state index is -1.06. The summed E-state index contributed by atoms with van der Waals surface area (Å²) >= 11 is 0. The highest BCUT2D eigenvalue weighted by atomic mass is 16.5. The molecule has 0 aromatic heterocycles. The number of hydrogen-bond donors (Lipinski definition) is 2. The van der Waals surface area contributed by atoms with Gasteiger partial charge in [-0.2, -0.15) is 0 Å². The quantitative estimate of drug-likeness (QED) is 0.740. The lowest BCUT2D eigenvalue weighted by Gasteiger charge is -2.10. The lowest BCUT2D eigenvalue weighted by Crippen LogP contribution is -2.38. The van der Waals surface area contributed by atoms with Gasteiger partial charge in [0, 0.05) is 5.56 Å². The molecule has 0 bridgehead atoms. The number of amides is 1. The number of carboxylic acids is 1. The third kappa shape index (κ3) is 4.99. The molecule has 0 heterocycles. The molecule has 0 fully saturated rings. The van der Waals surface area contributed by atoms with Gasteiger partial charge in [0.1, 0.15) is 11.8 Å². The summed E-state index contributed by atoms with van der Waals surface area (Å²) in [5.41, 5.74) is 0.413. The Labute approximate surface area is 112 Å². The molecule has 5 heteroatoms. The maximum atomic E-state index is 11.7. The predicted octanol–water partition coefficient (Wildman–Crippen LogP) is 2.07. The predicted molar refractivity (Wildman–Crippen MR) is 71.4 cm³/mol. The molecule has 1 aromatic carbocycles. The summed E-state index contributed by atoms with van der Waals surface area (Å²) in [6.07, 6.45) is 2.05. The number of unbranched alkanes of at least 4 members (excludes halogenated alkanes) is 1. The molecule has 0 radical (unpaired) electrons. The number of aliphatic carboxylic acids is 1. The number of ether oxygens (including phenoxy) is 1. The molecule has 104 valence electrons. The molecule has 1 amide bonds. The molecular formula is C14H19NO4. The number of carbonyl (C=O) groups is 2. The second kappa shape index (κ2) is 7.41. The molecule has 0 saturated heterocycles. The van der Waals surface area contributed by atoms with Gasteiger partial charge in [0.15, 0.2) is 0 Å². The van der Waals surface area contributed by atoms with Crippen LogP contribution in [0.2, 0.25) is 0 Å². The molecule has 0 saturated carbocycles. The van der Waals surface area contributed by atoms with Crippen LogP contribution in [0.5, 0.6) is 5.75 Å². The first-order valence-electron chi connectivity index (χ1n) is 6.31. The van der Waals surface area contributed by atoms with Gasteiger partial charge < -0.3 is 15.2 Å². The zero-order valence-electron chi connectivity index (χ0n) is 11.2. The van der Waals surface area contributed by atoms with Crippen molar-refractivity contribution in [1.29, 1.82) is 0 Å². The smallest absolute Gasteiger partial charge is 0.325 e. The van der Waals surface area contributed by atoms with Crippen LogP contribution in [-0.2, 0) is 4.79 Å². The Morgan fingerprint density at radius 1 is 1.32 bits per heavy atom. The van der Waals surface area contributed by atoms with Gasteiger partial charge in [-0.15, -0.1) is 0 Å². The number of nitrogens with one attached hydrogen (secondary N) is 1. The van der Waals surface area contributed by atoms with Crippen molar-refractivity contribution in [2.75, 3.05) is 6.61 Å². The molecule has 1 atom stereocenters. The van der Waals surface area contributed by atoms with Crippen LogP contribution < -0.4 is 10.1 Å². The molecule has 1 aromatic rings. The third-order valence-corrected chi connectivity index (χ3v) is 2.60. The fourth-order valence-corrected chi connectivity index (χ4v) is 1.38. The Morgan fingerprint density at radius 2 is 1.95 bits per heavy atom. The van der Waals surface area contributed by atoms with Gasteiger partial charge >= 0.3 is 5.97 Å². The molecule has 0 spiro atoms. The fourth-order valence-electron chi connectivity index (χ4n) is 1.38. The van der Waals surface area contributed by atoms with E-state index in [1.54, 1.807) is 24.3 Å². The standard InChI is InChI=1S/C14H19NO4/c1-3-4-9-19-12-7-5-11(6-8-12)13(16)15-10(2)14(17)18/h5-8,10H,3-4,9H2,1-2H3,(H,15,16)(H,17,18). The van der Waals surface area contributed by atoms with Crippen molar-refractivity contribution >= 4 is 11.9 Å². The van der Waals surface area contributed by atoms with Crippen LogP contribution in [-0.4, -0.2) is 29.6 Å². The highest BCUT2D eigenvalue weighted by Gasteiger charge is 2.14. The van der Waals surface area contributed by atoms with Gasteiger partial charge in [0.05, 0.1) is 6.61 Å². The molecular weight excluding hydrogens is 246 g/mol. The van der Waals surface area contributed by atoms with Crippen molar-refractivity contribution in [2.24, 2.45) is 0 Å². The highest BCUT2D eigenvalue weighted by Crippen LogP contribution is 2.12. The fraction of sp³-hybridized carbons (Fsp3) is 0.429. The molecule has 0 aliphatic rings. The normalized spacial score (nSPS) is 11.7. The molecule has 5 nitrogen and oxygen atoms in total. The van der Waals surface area contributed by atoms with Crippen molar-refractivity contribution < 1.29 is 19.4 Å². The van der Waals surface area contributed by atoms with Gasteiger partial charge in [-0.25, -0.2) is 0 Å². The van der Waals surface area contributed by atoms with E-state index >= 15 is 0 Å². The van der Waals surface area contributed by atoms with E-state index in [1.807, 2.05) is 0 Å². The largest absolute Gasteiger partial charge is 0.494 e. The molecule has 19 heavy (non-hydrogen) atoms. The summed E-state index contributed by atoms with van der Waals surface area (Å²) in [6, 6.07) is 5.73. The summed E-state index contributed by atoms with van der Waals surface area (Å²) in [4.78, 5) is 22.3. The number of rotatable bonds is 7. The zero-order chi connectivity index (χ0) is 14.3. The highest BCUT2D eigenvalue weighted by molar-refractivity contribution is 5.96. The minimum absolute atomic E-state index is 0.407. The maximum Gasteiger partial charge on any atom is 0.325 e. The van der Waals surface area contributed by atoms with E-state index in [0.29, 0.717) is 17.9 Å². The van der Waals surface area contributed by atoms with Crippen molar-refractivity contribution in [1.82, 2.24) is 5.32 Å². The van der Waals surface area contributed by atoms with E-state index in [1.165, 1.54) is 6.92 Å². The average Bonchev–Trinajstić information content (AvgIpc) is 2.39. The molecule has 1 unspecified atom stereocenters. The Bertz CT molecular complexity index is 428. The van der Waals surface area contributed by atoms with Crippen LogP contribution in [0.25, 0.3) is 0 Å². The number of hydrogen-bond acceptors (Lipinski definition) is 3. The van der Waals surface area contributed by atoms with Gasteiger partial charge in [-0.05, 0) is 37.6 Å². The average molecular weight is 265 g/mol. The number of carboxylic acid groups (broad SMARTS) is 1. The zero-order valence-corrected chi connectivity index (χ0v) is 11.2. The second-order valence-corrected chi connectivity index (χ2v) is 4.26. The van der Waals surface area contributed by atoms with E-state index in [9.17, 15) is 9.59 Å². The molecule has 0 aliphatic heterocycles. The SMILES string of the molecule is CCCCOc1ccc(C(=O)NC(C)C(=O)O)cc1. The van der Waals surface area contributed by atoms with E-state index < -0.39 is 17.9 Å². The second-order valence-electron chi connectivity index (χ2n) is 4.26. The first-order valence-corrected chi connectivity index (χ1v) is 6.31. The van der Waals surface area contributed by atoms with Gasteiger partial charge in [-0.3, -0.25) is 9.59 Å². The molecule has 0 aliphatic carbocycles. The van der Waals surface area contributed by atoms with Crippen molar-refractivity contribution in [3.05, 3.63) is 29.8 Å². The van der Waals surface area contributed by atoms with Crippen LogP contribution in [0.3, 0.4) is 0 Å². The summed E-state index contributed by atoms with van der Waals surface area (Å²) in [5.74, 6) is -0.765. The third-order valence-electron chi connectivity index (χ3n) is 2.60.